The Labute approximate surface area is 203 Å². The first-order valence-electron chi connectivity index (χ1n) is 11.9. The summed E-state index contributed by atoms with van der Waals surface area (Å²) in [6, 6.07) is 11.9. The van der Waals surface area contributed by atoms with Crippen LogP contribution in [0.3, 0.4) is 0 Å². The number of Topliss-reactive ketones (excluding diaryl/α,β-unsaturated/α-hetero) is 2. The number of aromatic nitrogens is 4. The Hall–Kier alpha value is -3.19. The van der Waals surface area contributed by atoms with E-state index in [2.05, 4.69) is 14.5 Å². The van der Waals surface area contributed by atoms with Crippen LogP contribution in [0.5, 0.6) is 0 Å². The van der Waals surface area contributed by atoms with Crippen LogP contribution in [0.1, 0.15) is 76.4 Å². The van der Waals surface area contributed by atoms with Crippen LogP contribution >= 0.6 is 11.3 Å². The van der Waals surface area contributed by atoms with Crippen molar-refractivity contribution in [2.75, 3.05) is 0 Å². The number of nitrogens with zero attached hydrogens (tertiary/aromatic N) is 4. The SMILES string of the molecule is CCC(=O)c1ccc2c(c1)nc(-c1ccncn1)n2[C@H]1CCC[C@@H](CC(=O)c2ccc(C)s2)C1. The number of hydrogen-bond acceptors (Lipinski definition) is 6. The normalized spacial score (nSPS) is 18.3. The number of rotatable bonds is 7. The molecule has 1 saturated carbocycles. The van der Waals surface area contributed by atoms with Crippen LogP contribution in [0, 0.1) is 12.8 Å². The lowest BCUT2D eigenvalue weighted by molar-refractivity contribution is 0.0944. The van der Waals surface area contributed by atoms with Gasteiger partial charge in [-0.15, -0.1) is 11.3 Å². The summed E-state index contributed by atoms with van der Waals surface area (Å²) in [6.07, 6.45) is 8.41. The Balaban J connectivity index is 1.49. The van der Waals surface area contributed by atoms with E-state index >= 15 is 0 Å². The lowest BCUT2D eigenvalue weighted by atomic mass is 9.82. The quantitative estimate of drug-likeness (QED) is 0.288. The molecular formula is C27H28N4O2S. The molecule has 174 valence electrons. The van der Waals surface area contributed by atoms with Gasteiger partial charge in [-0.25, -0.2) is 15.0 Å². The molecule has 5 rings (SSSR count). The third kappa shape index (κ3) is 4.44. The van der Waals surface area contributed by atoms with Crippen LogP contribution < -0.4 is 0 Å². The minimum atomic E-state index is 0.111. The van der Waals surface area contributed by atoms with Gasteiger partial charge in [0.25, 0.3) is 0 Å². The van der Waals surface area contributed by atoms with Crippen LogP contribution in [0.4, 0.5) is 0 Å². The van der Waals surface area contributed by atoms with Gasteiger partial charge in [0.1, 0.15) is 12.0 Å². The Morgan fingerprint density at radius 2 is 2.00 bits per heavy atom. The number of fused-ring (bicyclic) bond motifs is 1. The Bertz CT molecular complexity index is 1340. The molecule has 0 aliphatic heterocycles. The van der Waals surface area contributed by atoms with Gasteiger partial charge in [-0.1, -0.05) is 13.3 Å². The van der Waals surface area contributed by atoms with Crippen LogP contribution in [0.25, 0.3) is 22.6 Å². The minimum absolute atomic E-state index is 0.111. The smallest absolute Gasteiger partial charge is 0.173 e. The van der Waals surface area contributed by atoms with Crippen molar-refractivity contribution >= 4 is 33.9 Å². The second kappa shape index (κ2) is 9.58. The molecule has 1 fully saturated rings. The molecule has 4 aromatic rings. The molecule has 0 amide bonds. The van der Waals surface area contributed by atoms with E-state index in [0.29, 0.717) is 24.3 Å². The van der Waals surface area contributed by atoms with Gasteiger partial charge in [0, 0.05) is 35.5 Å². The summed E-state index contributed by atoms with van der Waals surface area (Å²) in [7, 11) is 0. The second-order valence-electron chi connectivity index (χ2n) is 9.10. The number of carbonyl (C=O) groups is 2. The van der Waals surface area contributed by atoms with E-state index in [9.17, 15) is 9.59 Å². The van der Waals surface area contributed by atoms with Gasteiger partial charge in [0.05, 0.1) is 15.9 Å². The van der Waals surface area contributed by atoms with Crippen molar-refractivity contribution in [3.63, 3.8) is 0 Å². The van der Waals surface area contributed by atoms with E-state index in [-0.39, 0.29) is 17.6 Å². The summed E-state index contributed by atoms with van der Waals surface area (Å²) in [5.74, 6) is 1.49. The molecule has 2 atom stereocenters. The predicted molar refractivity (Wildman–Crippen MR) is 134 cm³/mol. The van der Waals surface area contributed by atoms with E-state index in [4.69, 9.17) is 4.98 Å². The fourth-order valence-corrected chi connectivity index (χ4v) is 5.90. The number of carbonyl (C=O) groups excluding carboxylic acids is 2. The molecule has 0 radical (unpaired) electrons. The number of benzene rings is 1. The molecule has 1 aliphatic carbocycles. The van der Waals surface area contributed by atoms with Gasteiger partial charge in [-0.2, -0.15) is 0 Å². The van der Waals surface area contributed by atoms with E-state index in [0.717, 1.165) is 53.1 Å². The minimum Gasteiger partial charge on any atom is -0.320 e. The molecule has 3 heterocycles. The molecule has 6 nitrogen and oxygen atoms in total. The molecule has 7 heteroatoms. The predicted octanol–water partition coefficient (Wildman–Crippen LogP) is 6.46. The van der Waals surface area contributed by atoms with E-state index in [1.165, 1.54) is 11.2 Å². The summed E-state index contributed by atoms with van der Waals surface area (Å²) in [5, 5.41) is 0. The van der Waals surface area contributed by atoms with Gasteiger partial charge in [0.15, 0.2) is 17.4 Å². The zero-order valence-electron chi connectivity index (χ0n) is 19.5. The van der Waals surface area contributed by atoms with E-state index in [1.807, 2.05) is 50.2 Å². The van der Waals surface area contributed by atoms with Crippen molar-refractivity contribution in [2.45, 2.75) is 58.4 Å². The van der Waals surface area contributed by atoms with Crippen molar-refractivity contribution in [1.82, 2.24) is 19.5 Å². The standard InChI is InChI=1S/C27H28N4O2S/c1-3-24(32)19-8-9-23-22(15-19)30-27(21-11-12-28-16-29-21)31(23)20-6-4-5-18(13-20)14-25(33)26-10-7-17(2)34-26/h7-12,15-16,18,20H,3-6,13-14H2,1-2H3/t18-,20+/m1/s1. The fourth-order valence-electron chi connectivity index (χ4n) is 5.08. The van der Waals surface area contributed by atoms with E-state index in [1.54, 1.807) is 17.5 Å². The average molecular weight is 473 g/mol. The second-order valence-corrected chi connectivity index (χ2v) is 10.4. The van der Waals surface area contributed by atoms with Crippen LogP contribution in [0.15, 0.2) is 48.9 Å². The molecule has 0 N–H and O–H groups in total. The van der Waals surface area contributed by atoms with E-state index < -0.39 is 0 Å². The van der Waals surface area contributed by atoms with Crippen LogP contribution in [-0.2, 0) is 0 Å². The van der Waals surface area contributed by atoms with Gasteiger partial charge in [-0.3, -0.25) is 9.59 Å². The Morgan fingerprint density at radius 3 is 2.74 bits per heavy atom. The lowest BCUT2D eigenvalue weighted by Gasteiger charge is -2.31. The molecule has 1 aromatic carbocycles. The maximum absolute atomic E-state index is 12.9. The number of imidazole rings is 1. The van der Waals surface area contributed by atoms with Crippen molar-refractivity contribution < 1.29 is 9.59 Å². The van der Waals surface area contributed by atoms with Crippen LogP contribution in [-0.4, -0.2) is 31.1 Å². The lowest BCUT2D eigenvalue weighted by Crippen LogP contribution is -2.22. The van der Waals surface area contributed by atoms with Crippen molar-refractivity contribution in [1.29, 1.82) is 0 Å². The number of ketones is 2. The highest BCUT2D eigenvalue weighted by Gasteiger charge is 2.29. The summed E-state index contributed by atoms with van der Waals surface area (Å²) in [6.45, 7) is 3.91. The van der Waals surface area contributed by atoms with Crippen molar-refractivity contribution in [2.24, 2.45) is 5.92 Å². The largest absolute Gasteiger partial charge is 0.320 e. The zero-order chi connectivity index (χ0) is 23.7. The van der Waals surface area contributed by atoms with Gasteiger partial charge < -0.3 is 4.57 Å². The van der Waals surface area contributed by atoms with Crippen molar-refractivity contribution in [3.05, 3.63) is 64.2 Å². The first-order valence-corrected chi connectivity index (χ1v) is 12.8. The van der Waals surface area contributed by atoms with Gasteiger partial charge in [0.2, 0.25) is 0 Å². The first kappa shape index (κ1) is 22.6. The van der Waals surface area contributed by atoms with Gasteiger partial charge in [-0.05, 0) is 68.5 Å². The first-order chi connectivity index (χ1) is 16.5. The maximum Gasteiger partial charge on any atom is 0.173 e. The van der Waals surface area contributed by atoms with Crippen molar-refractivity contribution in [3.8, 4) is 11.5 Å². The topological polar surface area (TPSA) is 77.7 Å². The Kier molecular flexibility index (Phi) is 6.37. The summed E-state index contributed by atoms with van der Waals surface area (Å²) < 4.78 is 2.28. The molecule has 0 saturated heterocycles. The third-order valence-corrected chi connectivity index (χ3v) is 7.79. The molecule has 0 unspecified atom stereocenters. The highest BCUT2D eigenvalue weighted by atomic mass is 32.1. The Morgan fingerprint density at radius 1 is 1.12 bits per heavy atom. The molecule has 0 spiro atoms. The molecule has 3 aromatic heterocycles. The monoisotopic (exact) mass is 472 g/mol. The highest BCUT2D eigenvalue weighted by Crippen LogP contribution is 2.39. The number of thiophene rings is 1. The van der Waals surface area contributed by atoms with Gasteiger partial charge >= 0.3 is 0 Å². The molecule has 1 aliphatic rings. The summed E-state index contributed by atoms with van der Waals surface area (Å²) in [4.78, 5) is 40.7. The zero-order valence-corrected chi connectivity index (χ0v) is 20.3. The molecular weight excluding hydrogens is 444 g/mol. The number of hydrogen-bond donors (Lipinski definition) is 0. The average Bonchev–Trinajstić information content (AvgIpc) is 3.47. The summed E-state index contributed by atoms with van der Waals surface area (Å²) >= 11 is 1.58. The van der Waals surface area contributed by atoms with Crippen LogP contribution in [0.2, 0.25) is 0 Å². The summed E-state index contributed by atoms with van der Waals surface area (Å²) in [5.41, 5.74) is 3.27. The maximum atomic E-state index is 12.9. The highest BCUT2D eigenvalue weighted by molar-refractivity contribution is 7.14. The molecule has 0 bridgehead atoms. The molecule has 34 heavy (non-hydrogen) atoms. The number of aryl methyl sites for hydroxylation is 1. The fraction of sp³-hybridized carbons (Fsp3) is 0.370. The third-order valence-electron chi connectivity index (χ3n) is 6.75.